The first-order valence-electron chi connectivity index (χ1n) is 4.99. The van der Waals surface area contributed by atoms with Crippen LogP contribution in [0.15, 0.2) is 0 Å². The van der Waals surface area contributed by atoms with Gasteiger partial charge >= 0.3 is 23.0 Å². The second kappa shape index (κ2) is 12.0. The average Bonchev–Trinajstić information content (AvgIpc) is 2.02. The van der Waals surface area contributed by atoms with Gasteiger partial charge in [0.2, 0.25) is 0 Å². The molecular weight excluding hydrogens is 208 g/mol. The summed E-state index contributed by atoms with van der Waals surface area (Å²) >= 11 is 0. The number of carboxylic acids is 1. The number of rotatable bonds is 8. The molecule has 0 rings (SSSR count). The Hall–Kier alpha value is -0.0105. The predicted molar refractivity (Wildman–Crippen MR) is 50.2 cm³/mol. The van der Waals surface area contributed by atoms with Crippen molar-refractivity contribution in [3.63, 3.8) is 0 Å². The fraction of sp³-hybridized carbons (Fsp3) is 0.900. The van der Waals surface area contributed by atoms with Crippen molar-refractivity contribution in [2.75, 3.05) is 0 Å². The third kappa shape index (κ3) is 14.8. The monoisotopic (exact) mass is 228 g/mol. The van der Waals surface area contributed by atoms with Crippen LogP contribution < -0.4 is 0 Å². The number of carboxylic acid groups (broad SMARTS) is 1. The average molecular weight is 228 g/mol. The van der Waals surface area contributed by atoms with Crippen LogP contribution in [0.2, 0.25) is 0 Å². The first-order valence-corrected chi connectivity index (χ1v) is 4.99. The second-order valence-corrected chi connectivity index (χ2v) is 3.27. The van der Waals surface area contributed by atoms with Crippen LogP contribution in [-0.2, 0) is 21.9 Å². The zero-order valence-corrected chi connectivity index (χ0v) is 9.47. The molecule has 0 aromatic rings. The van der Waals surface area contributed by atoms with Crippen LogP contribution in [0.4, 0.5) is 0 Å². The molecule has 0 bridgehead atoms. The van der Waals surface area contributed by atoms with E-state index in [0.717, 1.165) is 12.8 Å². The molecule has 2 nitrogen and oxygen atoms in total. The van der Waals surface area contributed by atoms with E-state index < -0.39 is 5.97 Å². The van der Waals surface area contributed by atoms with Gasteiger partial charge < -0.3 is 5.11 Å². The first-order chi connectivity index (χ1) is 5.77. The minimum atomic E-state index is -0.663. The summed E-state index contributed by atoms with van der Waals surface area (Å²) < 4.78 is 0. The third-order valence-corrected chi connectivity index (χ3v) is 1.99. The number of aliphatic carboxylic acids is 1. The van der Waals surface area contributed by atoms with Crippen LogP contribution in [0.3, 0.4) is 0 Å². The van der Waals surface area contributed by atoms with Crippen molar-refractivity contribution in [1.82, 2.24) is 0 Å². The Balaban J connectivity index is 0. The number of carbonyl (C=O) groups is 1. The Morgan fingerprint density at radius 1 is 1.00 bits per heavy atom. The van der Waals surface area contributed by atoms with Crippen LogP contribution in [0.1, 0.15) is 58.3 Å². The molecule has 1 N–H and O–H groups in total. The van der Waals surface area contributed by atoms with Crippen molar-refractivity contribution in [2.24, 2.45) is 0 Å². The Morgan fingerprint density at radius 3 is 1.92 bits per heavy atom. The van der Waals surface area contributed by atoms with Gasteiger partial charge in [-0.15, -0.1) is 0 Å². The van der Waals surface area contributed by atoms with Crippen molar-refractivity contribution in [3.8, 4) is 0 Å². The van der Waals surface area contributed by atoms with E-state index in [0.29, 0.717) is 6.42 Å². The van der Waals surface area contributed by atoms with Crippen molar-refractivity contribution in [2.45, 2.75) is 58.3 Å². The summed E-state index contributed by atoms with van der Waals surface area (Å²) in [5.74, 6) is -0.663. The molecule has 0 aromatic carbocycles. The Kier molecular flexibility index (Phi) is 14.3. The second-order valence-electron chi connectivity index (χ2n) is 3.27. The van der Waals surface area contributed by atoms with Gasteiger partial charge in [0.25, 0.3) is 0 Å². The number of hydrogen-bond donors (Lipinski definition) is 1. The Labute approximate surface area is 91.6 Å². The van der Waals surface area contributed by atoms with Crippen LogP contribution in [0.5, 0.6) is 0 Å². The van der Waals surface area contributed by atoms with Gasteiger partial charge in [-0.05, 0) is 6.42 Å². The van der Waals surface area contributed by atoms with Gasteiger partial charge in [-0.1, -0.05) is 45.4 Å². The minimum Gasteiger partial charge on any atom is -0.481 e. The molecule has 0 aliphatic rings. The van der Waals surface area contributed by atoms with Crippen molar-refractivity contribution in [3.05, 3.63) is 0 Å². The Morgan fingerprint density at radius 2 is 1.46 bits per heavy atom. The quantitative estimate of drug-likeness (QED) is 0.511. The summed E-state index contributed by atoms with van der Waals surface area (Å²) in [6, 6.07) is 0. The fourth-order valence-corrected chi connectivity index (χ4v) is 1.23. The van der Waals surface area contributed by atoms with E-state index in [2.05, 4.69) is 6.92 Å². The smallest absolute Gasteiger partial charge is 0.481 e. The van der Waals surface area contributed by atoms with Gasteiger partial charge in [-0.25, -0.2) is 0 Å². The first kappa shape index (κ1) is 15.5. The maximum Gasteiger partial charge on any atom is 3.00 e. The molecular formula is C10H20FeO2+3. The summed E-state index contributed by atoms with van der Waals surface area (Å²) in [6.45, 7) is 2.20. The van der Waals surface area contributed by atoms with E-state index in [1.807, 2.05) is 0 Å². The Bertz CT molecular complexity index is 115. The summed E-state index contributed by atoms with van der Waals surface area (Å²) in [7, 11) is 0. The SMILES string of the molecule is CCCCCCCCCC(=O)O.[Fe+3]. The topological polar surface area (TPSA) is 37.3 Å². The van der Waals surface area contributed by atoms with Gasteiger partial charge in [0.15, 0.2) is 0 Å². The zero-order chi connectivity index (χ0) is 9.23. The van der Waals surface area contributed by atoms with Crippen molar-refractivity contribution in [1.29, 1.82) is 0 Å². The van der Waals surface area contributed by atoms with E-state index in [1.54, 1.807) is 0 Å². The van der Waals surface area contributed by atoms with Gasteiger partial charge in [0.1, 0.15) is 0 Å². The van der Waals surface area contributed by atoms with Crippen molar-refractivity contribution < 1.29 is 27.0 Å². The zero-order valence-electron chi connectivity index (χ0n) is 8.37. The standard InChI is InChI=1S/C10H20O2.Fe/c1-2-3-4-5-6-7-8-9-10(11)12;/h2-9H2,1H3,(H,11,12);/q;+3. The largest absolute Gasteiger partial charge is 3.00 e. The van der Waals surface area contributed by atoms with E-state index in [9.17, 15) is 4.79 Å². The molecule has 77 valence electrons. The summed E-state index contributed by atoms with van der Waals surface area (Å²) in [5, 5.41) is 8.35. The number of unbranched alkanes of at least 4 members (excludes halogenated alkanes) is 6. The molecule has 0 saturated carbocycles. The van der Waals surface area contributed by atoms with Gasteiger partial charge in [-0.3, -0.25) is 4.79 Å². The summed E-state index contributed by atoms with van der Waals surface area (Å²) in [6.07, 6.45) is 8.64. The van der Waals surface area contributed by atoms with Crippen LogP contribution in [0.25, 0.3) is 0 Å². The van der Waals surface area contributed by atoms with E-state index >= 15 is 0 Å². The molecule has 0 atom stereocenters. The summed E-state index contributed by atoms with van der Waals surface area (Å²) in [5.41, 5.74) is 0. The normalized spacial score (nSPS) is 9.31. The van der Waals surface area contributed by atoms with Gasteiger partial charge in [0, 0.05) is 6.42 Å². The van der Waals surface area contributed by atoms with Crippen LogP contribution in [0, 0.1) is 0 Å². The van der Waals surface area contributed by atoms with Crippen LogP contribution >= 0.6 is 0 Å². The minimum absolute atomic E-state index is 0. The molecule has 0 heterocycles. The molecule has 0 aromatic heterocycles. The summed E-state index contributed by atoms with van der Waals surface area (Å²) in [4.78, 5) is 10.1. The molecule has 1 radical (unpaired) electrons. The third-order valence-electron chi connectivity index (χ3n) is 1.99. The molecule has 0 amide bonds. The molecule has 0 spiro atoms. The molecule has 0 fully saturated rings. The van der Waals surface area contributed by atoms with E-state index in [4.69, 9.17) is 5.11 Å². The molecule has 0 unspecified atom stereocenters. The van der Waals surface area contributed by atoms with Crippen LogP contribution in [-0.4, -0.2) is 11.1 Å². The van der Waals surface area contributed by atoms with Gasteiger partial charge in [-0.2, -0.15) is 0 Å². The van der Waals surface area contributed by atoms with Gasteiger partial charge in [0.05, 0.1) is 0 Å². The molecule has 0 aliphatic heterocycles. The molecule has 13 heavy (non-hydrogen) atoms. The van der Waals surface area contributed by atoms with E-state index in [1.165, 1.54) is 32.1 Å². The predicted octanol–water partition coefficient (Wildman–Crippen LogP) is 3.21. The molecule has 0 saturated heterocycles. The maximum absolute atomic E-state index is 10.1. The van der Waals surface area contributed by atoms with E-state index in [-0.39, 0.29) is 17.1 Å². The fourth-order valence-electron chi connectivity index (χ4n) is 1.23. The molecule has 0 aliphatic carbocycles. The number of hydrogen-bond acceptors (Lipinski definition) is 1. The maximum atomic E-state index is 10.1. The molecule has 3 heteroatoms. The van der Waals surface area contributed by atoms with Crippen molar-refractivity contribution >= 4 is 5.97 Å².